The molecule has 0 radical (unpaired) electrons. The van der Waals surface area contributed by atoms with Gasteiger partial charge in [0.2, 0.25) is 0 Å². The van der Waals surface area contributed by atoms with Crippen LogP contribution in [-0.2, 0) is 10.1 Å². The molecule has 0 aliphatic rings. The first kappa shape index (κ1) is 17.5. The van der Waals surface area contributed by atoms with Crippen molar-refractivity contribution in [2.75, 3.05) is 0 Å². The zero-order chi connectivity index (χ0) is 13.4. The molecule has 0 fully saturated rings. The molecular weight excluding hydrogens is 295 g/mol. The molecule has 1 aromatic rings. The number of carboxylic acid groups (broad SMARTS) is 2. The molecule has 0 atom stereocenters. The molecule has 1 rings (SSSR count). The van der Waals surface area contributed by atoms with Crippen LogP contribution < -0.4 is 51.4 Å². The third-order valence-corrected chi connectivity index (χ3v) is 2.72. The molecule has 92 valence electrons. The number of benzene rings is 1. The summed E-state index contributed by atoms with van der Waals surface area (Å²) in [6.07, 6.45) is 0. The minimum Gasteiger partial charge on any atom is -0.744 e. The molecule has 0 saturated carbocycles. The summed E-state index contributed by atoms with van der Waals surface area (Å²) >= 11 is 0. The van der Waals surface area contributed by atoms with Gasteiger partial charge in [-0.2, -0.15) is 0 Å². The first-order chi connectivity index (χ1) is 7.66. The van der Waals surface area contributed by atoms with Crippen LogP contribution in [0.2, 0.25) is 0 Å². The summed E-state index contributed by atoms with van der Waals surface area (Å²) in [5.74, 6) is -4.91. The summed E-state index contributed by atoms with van der Waals surface area (Å²) in [7, 11) is -5.09. The van der Waals surface area contributed by atoms with Crippen molar-refractivity contribution in [3.63, 3.8) is 0 Å². The van der Waals surface area contributed by atoms with Crippen molar-refractivity contribution in [3.05, 3.63) is 23.3 Å². The van der Waals surface area contributed by atoms with Gasteiger partial charge < -0.3 is 19.9 Å². The second-order valence-corrected chi connectivity index (χ2v) is 4.25. The maximum atomic E-state index is 10.7. The average Bonchev–Trinajstić information content (AvgIpc) is 2.13. The Balaban J connectivity index is 0.00000289. The molecule has 0 saturated heterocycles. The third kappa shape index (κ3) is 3.51. The van der Waals surface area contributed by atoms with Crippen LogP contribution in [0.5, 0.6) is 5.75 Å². The Morgan fingerprint density at radius 3 is 1.94 bits per heavy atom. The van der Waals surface area contributed by atoms with E-state index in [1.165, 1.54) is 0 Å². The Morgan fingerprint density at radius 1 is 1.11 bits per heavy atom. The summed E-state index contributed by atoms with van der Waals surface area (Å²) in [5.41, 5.74) is -1.96. The predicted octanol–water partition coefficient (Wildman–Crippen LogP) is -3.30. The van der Waals surface area contributed by atoms with Crippen LogP contribution in [0.1, 0.15) is 20.7 Å². The summed E-state index contributed by atoms with van der Waals surface area (Å²) in [6, 6.07) is 1.16. The molecule has 0 heterocycles. The zero-order valence-electron chi connectivity index (χ0n) is 8.95. The number of phenols is 1. The summed E-state index contributed by atoms with van der Waals surface area (Å²) in [5, 5.41) is 26.6. The number of carboxylic acids is 2. The largest absolute Gasteiger partial charge is 1.00 e. The van der Waals surface area contributed by atoms with Crippen LogP contribution in [0.15, 0.2) is 17.0 Å². The van der Waals surface area contributed by atoms with Gasteiger partial charge in [0, 0.05) is 0 Å². The van der Waals surface area contributed by atoms with Crippen LogP contribution in [0.25, 0.3) is 0 Å². The monoisotopic (exact) mass is 300 g/mol. The fourth-order valence-electron chi connectivity index (χ4n) is 1.17. The quantitative estimate of drug-likeness (QED) is 0.387. The minimum atomic E-state index is -5.09. The maximum Gasteiger partial charge on any atom is 1.00 e. The van der Waals surface area contributed by atoms with Crippen molar-refractivity contribution >= 4 is 22.1 Å². The van der Waals surface area contributed by atoms with Crippen LogP contribution in [0, 0.1) is 0 Å². The van der Waals surface area contributed by atoms with E-state index in [0.717, 1.165) is 0 Å². The first-order valence-electron chi connectivity index (χ1n) is 3.94. The van der Waals surface area contributed by atoms with Gasteiger partial charge in [0.1, 0.15) is 21.4 Å². The summed E-state index contributed by atoms with van der Waals surface area (Å²) in [6.45, 7) is 0. The Kier molecular flexibility index (Phi) is 5.93. The van der Waals surface area contributed by atoms with E-state index in [1.54, 1.807) is 0 Å². The molecule has 0 aromatic heterocycles. The molecule has 18 heavy (non-hydrogen) atoms. The van der Waals surface area contributed by atoms with Crippen molar-refractivity contribution in [2.45, 2.75) is 4.90 Å². The Morgan fingerprint density at radius 2 is 1.61 bits per heavy atom. The van der Waals surface area contributed by atoms with Crippen molar-refractivity contribution in [1.82, 2.24) is 0 Å². The van der Waals surface area contributed by atoms with E-state index in [1.807, 2.05) is 0 Å². The van der Waals surface area contributed by atoms with E-state index in [4.69, 9.17) is 10.2 Å². The first-order valence-corrected chi connectivity index (χ1v) is 5.35. The number of hydrogen-bond donors (Lipinski definition) is 3. The second kappa shape index (κ2) is 6.10. The van der Waals surface area contributed by atoms with Crippen LogP contribution in [-0.4, -0.2) is 40.2 Å². The predicted molar refractivity (Wildman–Crippen MR) is 50.0 cm³/mol. The van der Waals surface area contributed by atoms with Gasteiger partial charge in [-0.1, -0.05) is 0 Å². The van der Waals surface area contributed by atoms with Crippen LogP contribution in [0.3, 0.4) is 0 Å². The smallest absolute Gasteiger partial charge is 0.744 e. The summed E-state index contributed by atoms with van der Waals surface area (Å²) in [4.78, 5) is 20.2. The number of hydrogen-bond acceptors (Lipinski definition) is 6. The molecule has 0 aliphatic carbocycles. The van der Waals surface area contributed by atoms with Gasteiger partial charge >= 0.3 is 63.3 Å². The van der Waals surface area contributed by atoms with Crippen LogP contribution >= 0.6 is 0 Å². The van der Waals surface area contributed by atoms with E-state index in [0.29, 0.717) is 12.1 Å². The van der Waals surface area contributed by atoms with Gasteiger partial charge in [0.05, 0.1) is 10.5 Å². The minimum absolute atomic E-state index is 0. The summed E-state index contributed by atoms with van der Waals surface area (Å²) < 4.78 is 32.0. The van der Waals surface area contributed by atoms with Crippen molar-refractivity contribution in [2.24, 2.45) is 0 Å². The molecule has 8 nitrogen and oxygen atoms in total. The molecule has 0 unspecified atom stereocenters. The Bertz CT molecular complexity index is 606. The fourth-order valence-corrected chi connectivity index (χ4v) is 1.74. The molecule has 3 N–H and O–H groups in total. The molecule has 10 heteroatoms. The van der Waals surface area contributed by atoms with E-state index < -0.39 is 43.8 Å². The average molecular weight is 300 g/mol. The van der Waals surface area contributed by atoms with Crippen LogP contribution in [0.4, 0.5) is 0 Å². The van der Waals surface area contributed by atoms with Gasteiger partial charge in [-0.25, -0.2) is 18.0 Å². The molecule has 0 spiro atoms. The van der Waals surface area contributed by atoms with Gasteiger partial charge in [0.25, 0.3) is 0 Å². The number of rotatable bonds is 3. The zero-order valence-corrected chi connectivity index (χ0v) is 12.9. The fraction of sp³-hybridized carbons (Fsp3) is 0. The third-order valence-electron chi connectivity index (χ3n) is 1.85. The normalized spacial score (nSPS) is 10.5. The number of aromatic hydroxyl groups is 1. The van der Waals surface area contributed by atoms with E-state index in [-0.39, 0.29) is 51.4 Å². The number of aromatic carboxylic acids is 2. The molecule has 0 aliphatic heterocycles. The van der Waals surface area contributed by atoms with E-state index >= 15 is 0 Å². The van der Waals surface area contributed by atoms with Gasteiger partial charge in [-0.05, 0) is 12.1 Å². The topological polar surface area (TPSA) is 152 Å². The Hall–Kier alpha value is -0.494. The number of carbonyl (C=O) groups is 2. The van der Waals surface area contributed by atoms with Crippen molar-refractivity contribution in [3.8, 4) is 5.75 Å². The van der Waals surface area contributed by atoms with Gasteiger partial charge in [-0.3, -0.25) is 0 Å². The molecule has 0 amide bonds. The van der Waals surface area contributed by atoms with Crippen molar-refractivity contribution < 1.29 is 89.3 Å². The molecular formula is C8H5KO8S. The SMILES string of the molecule is O=C(O)c1ccc(S(=O)(=O)[O-])c(O)c1C(=O)O.[K+]. The molecule has 1 aromatic carbocycles. The second-order valence-electron chi connectivity index (χ2n) is 2.90. The van der Waals surface area contributed by atoms with Gasteiger partial charge in [0.15, 0.2) is 0 Å². The van der Waals surface area contributed by atoms with Crippen molar-refractivity contribution in [1.29, 1.82) is 0 Å². The van der Waals surface area contributed by atoms with E-state index in [2.05, 4.69) is 0 Å². The maximum absolute atomic E-state index is 10.7. The van der Waals surface area contributed by atoms with Gasteiger partial charge in [-0.15, -0.1) is 0 Å². The Labute approximate surface area is 143 Å². The van der Waals surface area contributed by atoms with E-state index in [9.17, 15) is 27.7 Å². The molecule has 0 bridgehead atoms. The standard InChI is InChI=1S/C8H6O8S.K/c9-6-4(17(14,15)16)2-1-3(7(10)11)5(6)8(12)13;/h1-2,9H,(H,10,11)(H,12,13)(H,14,15,16);/q;+1/p-1.